The first-order valence-electron chi connectivity index (χ1n) is 6.97. The van der Waals surface area contributed by atoms with E-state index in [1.54, 1.807) is 11.8 Å². The Hall–Kier alpha value is -1.94. The van der Waals surface area contributed by atoms with Crippen molar-refractivity contribution in [3.05, 3.63) is 48.0 Å². The fourth-order valence-corrected chi connectivity index (χ4v) is 2.98. The third-order valence-corrected chi connectivity index (χ3v) is 4.24. The van der Waals surface area contributed by atoms with Crippen LogP contribution in [0.2, 0.25) is 0 Å². The highest BCUT2D eigenvalue weighted by Crippen LogP contribution is 2.36. The Kier molecular flexibility index (Phi) is 4.15. The second-order valence-electron chi connectivity index (χ2n) is 4.71. The number of carbonyl (C=O) groups is 1. The first kappa shape index (κ1) is 14.0. The normalized spacial score (nSPS) is 13.0. The van der Waals surface area contributed by atoms with E-state index in [-0.39, 0.29) is 5.78 Å². The van der Waals surface area contributed by atoms with Crippen LogP contribution in [-0.4, -0.2) is 19.0 Å². The van der Waals surface area contributed by atoms with Gasteiger partial charge in [0.05, 0.1) is 0 Å². The number of Topliss-reactive ketones (excluding diaryl/α,β-unsaturated/α-hetero) is 1. The lowest BCUT2D eigenvalue weighted by Gasteiger charge is -2.18. The molecule has 0 fully saturated rings. The standard InChI is InChI=1S/C17H16O3S/c1-2-15(18)12-3-5-13(6-4-12)21-14-7-8-16-17(11-14)20-10-9-19-16/h3-8,11H,2,9-10H2,1H3. The molecular weight excluding hydrogens is 284 g/mol. The molecular formula is C17H16O3S. The van der Waals surface area contributed by atoms with E-state index in [0.717, 1.165) is 26.9 Å². The lowest BCUT2D eigenvalue weighted by molar-refractivity contribution is 0.0988. The van der Waals surface area contributed by atoms with Gasteiger partial charge in [0.25, 0.3) is 0 Å². The number of rotatable bonds is 4. The van der Waals surface area contributed by atoms with Crippen LogP contribution >= 0.6 is 11.8 Å². The van der Waals surface area contributed by atoms with Gasteiger partial charge >= 0.3 is 0 Å². The molecule has 0 atom stereocenters. The number of benzene rings is 2. The average molecular weight is 300 g/mol. The lowest BCUT2D eigenvalue weighted by Crippen LogP contribution is -2.15. The van der Waals surface area contributed by atoms with Crippen molar-refractivity contribution in [1.29, 1.82) is 0 Å². The molecule has 0 N–H and O–H groups in total. The van der Waals surface area contributed by atoms with Crippen LogP contribution in [-0.2, 0) is 0 Å². The van der Waals surface area contributed by atoms with E-state index < -0.39 is 0 Å². The van der Waals surface area contributed by atoms with Crippen molar-refractivity contribution in [1.82, 2.24) is 0 Å². The second kappa shape index (κ2) is 6.22. The topological polar surface area (TPSA) is 35.5 Å². The maximum atomic E-state index is 11.6. The molecule has 3 nitrogen and oxygen atoms in total. The smallest absolute Gasteiger partial charge is 0.162 e. The molecule has 0 aliphatic carbocycles. The minimum Gasteiger partial charge on any atom is -0.486 e. The van der Waals surface area contributed by atoms with Crippen molar-refractivity contribution >= 4 is 17.5 Å². The summed E-state index contributed by atoms with van der Waals surface area (Å²) in [7, 11) is 0. The van der Waals surface area contributed by atoms with Crippen molar-refractivity contribution in [2.75, 3.05) is 13.2 Å². The zero-order valence-electron chi connectivity index (χ0n) is 11.8. The molecule has 4 heteroatoms. The molecule has 0 saturated heterocycles. The molecule has 0 radical (unpaired) electrons. The zero-order valence-corrected chi connectivity index (χ0v) is 12.6. The van der Waals surface area contributed by atoms with E-state index in [0.29, 0.717) is 19.6 Å². The van der Waals surface area contributed by atoms with Gasteiger partial charge < -0.3 is 9.47 Å². The minimum atomic E-state index is 0.172. The largest absolute Gasteiger partial charge is 0.486 e. The summed E-state index contributed by atoms with van der Waals surface area (Å²) in [5.74, 6) is 1.77. The maximum absolute atomic E-state index is 11.6. The number of ether oxygens (including phenoxy) is 2. The van der Waals surface area contributed by atoms with Crippen molar-refractivity contribution in [3.8, 4) is 11.5 Å². The summed E-state index contributed by atoms with van der Waals surface area (Å²) in [4.78, 5) is 13.8. The number of fused-ring (bicyclic) bond motifs is 1. The summed E-state index contributed by atoms with van der Waals surface area (Å²) >= 11 is 1.64. The van der Waals surface area contributed by atoms with Gasteiger partial charge in [-0.15, -0.1) is 0 Å². The van der Waals surface area contributed by atoms with Crippen LogP contribution in [0, 0.1) is 0 Å². The average Bonchev–Trinajstić information content (AvgIpc) is 2.55. The molecule has 0 bridgehead atoms. The van der Waals surface area contributed by atoms with Gasteiger partial charge in [-0.25, -0.2) is 0 Å². The molecule has 0 spiro atoms. The maximum Gasteiger partial charge on any atom is 0.162 e. The van der Waals surface area contributed by atoms with Crippen LogP contribution in [0.3, 0.4) is 0 Å². The highest BCUT2D eigenvalue weighted by Gasteiger charge is 2.12. The third kappa shape index (κ3) is 3.22. The summed E-state index contributed by atoms with van der Waals surface area (Å²) in [6, 6.07) is 13.7. The summed E-state index contributed by atoms with van der Waals surface area (Å²) < 4.78 is 11.1. The first-order chi connectivity index (χ1) is 10.3. The zero-order chi connectivity index (χ0) is 14.7. The molecule has 3 rings (SSSR count). The monoisotopic (exact) mass is 300 g/mol. The SMILES string of the molecule is CCC(=O)c1ccc(Sc2ccc3c(c2)OCCO3)cc1. The second-order valence-corrected chi connectivity index (χ2v) is 5.86. The van der Waals surface area contributed by atoms with Crippen LogP contribution in [0.4, 0.5) is 0 Å². The van der Waals surface area contributed by atoms with Crippen molar-refractivity contribution < 1.29 is 14.3 Å². The number of hydrogen-bond donors (Lipinski definition) is 0. The Labute approximate surface area is 128 Å². The molecule has 108 valence electrons. The Morgan fingerprint density at radius 2 is 1.67 bits per heavy atom. The van der Waals surface area contributed by atoms with Crippen LogP contribution in [0.1, 0.15) is 23.7 Å². The minimum absolute atomic E-state index is 0.172. The third-order valence-electron chi connectivity index (χ3n) is 3.25. The van der Waals surface area contributed by atoms with Gasteiger partial charge in [-0.1, -0.05) is 30.8 Å². The van der Waals surface area contributed by atoms with Crippen molar-refractivity contribution in [2.24, 2.45) is 0 Å². The predicted octanol–water partition coefficient (Wildman–Crippen LogP) is 4.20. The molecule has 0 saturated carbocycles. The quantitative estimate of drug-likeness (QED) is 0.793. The molecule has 0 amide bonds. The Morgan fingerprint density at radius 1 is 1.00 bits per heavy atom. The van der Waals surface area contributed by atoms with Crippen LogP contribution < -0.4 is 9.47 Å². The summed E-state index contributed by atoms with van der Waals surface area (Å²) in [6.07, 6.45) is 0.536. The molecule has 0 unspecified atom stereocenters. The van der Waals surface area contributed by atoms with Gasteiger partial charge in [-0.05, 0) is 30.3 Å². The van der Waals surface area contributed by atoms with Gasteiger partial charge in [0, 0.05) is 21.8 Å². The fraction of sp³-hybridized carbons (Fsp3) is 0.235. The van der Waals surface area contributed by atoms with Crippen molar-refractivity contribution in [2.45, 2.75) is 23.1 Å². The Morgan fingerprint density at radius 3 is 2.38 bits per heavy atom. The van der Waals surface area contributed by atoms with Gasteiger partial charge in [-0.3, -0.25) is 4.79 Å². The van der Waals surface area contributed by atoms with E-state index in [4.69, 9.17) is 9.47 Å². The molecule has 1 aliphatic heterocycles. The first-order valence-corrected chi connectivity index (χ1v) is 7.78. The molecule has 2 aromatic rings. The Balaban J connectivity index is 1.75. The van der Waals surface area contributed by atoms with E-state index in [9.17, 15) is 4.79 Å². The van der Waals surface area contributed by atoms with E-state index in [2.05, 4.69) is 0 Å². The Bertz CT molecular complexity index is 650. The lowest BCUT2D eigenvalue weighted by atomic mass is 10.1. The fourth-order valence-electron chi connectivity index (χ4n) is 2.14. The molecule has 21 heavy (non-hydrogen) atoms. The molecule has 1 heterocycles. The van der Waals surface area contributed by atoms with E-state index in [1.165, 1.54) is 0 Å². The van der Waals surface area contributed by atoms with Crippen LogP contribution in [0.15, 0.2) is 52.3 Å². The van der Waals surface area contributed by atoms with Crippen LogP contribution in [0.5, 0.6) is 11.5 Å². The highest BCUT2D eigenvalue weighted by atomic mass is 32.2. The molecule has 2 aromatic carbocycles. The molecule has 1 aliphatic rings. The van der Waals surface area contributed by atoms with Crippen molar-refractivity contribution in [3.63, 3.8) is 0 Å². The summed E-state index contributed by atoms with van der Waals surface area (Å²) in [6.45, 7) is 3.07. The van der Waals surface area contributed by atoms with E-state index in [1.807, 2.05) is 49.4 Å². The number of hydrogen-bond acceptors (Lipinski definition) is 4. The number of carbonyl (C=O) groups excluding carboxylic acids is 1. The van der Waals surface area contributed by atoms with E-state index >= 15 is 0 Å². The van der Waals surface area contributed by atoms with Gasteiger partial charge in [-0.2, -0.15) is 0 Å². The van der Waals surface area contributed by atoms with Crippen LogP contribution in [0.25, 0.3) is 0 Å². The predicted molar refractivity (Wildman–Crippen MR) is 82.6 cm³/mol. The summed E-state index contributed by atoms with van der Waals surface area (Å²) in [5.41, 5.74) is 0.768. The van der Waals surface area contributed by atoms with Gasteiger partial charge in [0.2, 0.25) is 0 Å². The summed E-state index contributed by atoms with van der Waals surface area (Å²) in [5, 5.41) is 0. The highest BCUT2D eigenvalue weighted by molar-refractivity contribution is 7.99. The van der Waals surface area contributed by atoms with Gasteiger partial charge in [0.15, 0.2) is 17.3 Å². The number of ketones is 1. The van der Waals surface area contributed by atoms with Gasteiger partial charge in [0.1, 0.15) is 13.2 Å². The molecule has 0 aromatic heterocycles.